The summed E-state index contributed by atoms with van der Waals surface area (Å²) < 4.78 is 41.0. The number of rotatable bonds is 7. The van der Waals surface area contributed by atoms with Gasteiger partial charge in [-0.05, 0) is 80.6 Å². The van der Waals surface area contributed by atoms with Gasteiger partial charge in [0.25, 0.3) is 5.91 Å². The lowest BCUT2D eigenvalue weighted by Gasteiger charge is -2.36. The summed E-state index contributed by atoms with van der Waals surface area (Å²) in [6.45, 7) is 5.78. The van der Waals surface area contributed by atoms with Crippen molar-refractivity contribution in [1.82, 2.24) is 15.5 Å². The normalized spacial score (nSPS) is 20.3. The summed E-state index contributed by atoms with van der Waals surface area (Å²) in [5.41, 5.74) is 3.69. The quantitative estimate of drug-likeness (QED) is 0.615. The van der Waals surface area contributed by atoms with Gasteiger partial charge in [-0.15, -0.1) is 13.2 Å². The number of carbonyl (C=O) groups excluding carboxylic acids is 2. The molecular formula is C26H30F3N3O3. The molecule has 9 heteroatoms. The molecule has 4 rings (SSSR count). The average Bonchev–Trinajstić information content (AvgIpc) is 3.65. The van der Waals surface area contributed by atoms with Gasteiger partial charge in [-0.1, -0.05) is 18.2 Å². The van der Waals surface area contributed by atoms with Crippen LogP contribution in [-0.4, -0.2) is 48.2 Å². The van der Waals surface area contributed by atoms with Crippen LogP contribution in [0.5, 0.6) is 5.75 Å². The van der Waals surface area contributed by atoms with Crippen LogP contribution in [-0.2, 0) is 11.3 Å². The van der Waals surface area contributed by atoms with E-state index < -0.39 is 23.9 Å². The van der Waals surface area contributed by atoms with E-state index >= 15 is 0 Å². The van der Waals surface area contributed by atoms with Gasteiger partial charge in [0, 0.05) is 30.7 Å². The number of nitrogens with zero attached hydrogens (tertiary/aromatic N) is 1. The highest BCUT2D eigenvalue weighted by molar-refractivity contribution is 5.95. The van der Waals surface area contributed by atoms with Crippen molar-refractivity contribution in [2.24, 2.45) is 5.92 Å². The Labute approximate surface area is 202 Å². The molecule has 6 nitrogen and oxygen atoms in total. The number of piperidine rings is 1. The molecule has 0 aromatic heterocycles. The maximum Gasteiger partial charge on any atom is 0.573 e. The van der Waals surface area contributed by atoms with Crippen LogP contribution in [0.2, 0.25) is 0 Å². The van der Waals surface area contributed by atoms with E-state index in [2.05, 4.69) is 41.4 Å². The first-order valence-electron chi connectivity index (χ1n) is 11.9. The summed E-state index contributed by atoms with van der Waals surface area (Å²) in [5, 5.41) is 6.21. The van der Waals surface area contributed by atoms with E-state index in [1.165, 1.54) is 23.3 Å². The molecule has 2 aromatic rings. The van der Waals surface area contributed by atoms with Crippen LogP contribution in [0.25, 0.3) is 0 Å². The highest BCUT2D eigenvalue weighted by Gasteiger charge is 2.40. The molecule has 0 radical (unpaired) electrons. The molecule has 0 bridgehead atoms. The molecule has 1 aliphatic heterocycles. The first-order chi connectivity index (χ1) is 16.6. The fourth-order valence-electron chi connectivity index (χ4n) is 4.50. The molecule has 2 aliphatic rings. The lowest BCUT2D eigenvalue weighted by atomic mass is 9.91. The van der Waals surface area contributed by atoms with Gasteiger partial charge in [0.1, 0.15) is 5.75 Å². The molecule has 2 atom stereocenters. The zero-order valence-corrected chi connectivity index (χ0v) is 19.8. The fourth-order valence-corrected chi connectivity index (χ4v) is 4.50. The van der Waals surface area contributed by atoms with Crippen molar-refractivity contribution in [1.29, 1.82) is 0 Å². The molecule has 2 unspecified atom stereocenters. The number of ether oxygens (including phenoxy) is 1. The van der Waals surface area contributed by atoms with Crippen LogP contribution in [0, 0.1) is 19.8 Å². The van der Waals surface area contributed by atoms with E-state index in [4.69, 9.17) is 0 Å². The van der Waals surface area contributed by atoms with Gasteiger partial charge < -0.3 is 20.3 Å². The minimum Gasteiger partial charge on any atom is -0.406 e. The molecule has 1 saturated carbocycles. The van der Waals surface area contributed by atoms with Gasteiger partial charge in [-0.3, -0.25) is 9.59 Å². The predicted molar refractivity (Wildman–Crippen MR) is 125 cm³/mol. The van der Waals surface area contributed by atoms with Gasteiger partial charge in [0.15, 0.2) is 0 Å². The zero-order valence-electron chi connectivity index (χ0n) is 19.8. The molecule has 188 valence electrons. The number of halogens is 3. The largest absolute Gasteiger partial charge is 0.573 e. The van der Waals surface area contributed by atoms with Crippen LogP contribution in [0.15, 0.2) is 42.5 Å². The van der Waals surface area contributed by atoms with E-state index in [9.17, 15) is 22.8 Å². The second kappa shape index (κ2) is 10.3. The van der Waals surface area contributed by atoms with Gasteiger partial charge in [-0.2, -0.15) is 0 Å². The highest BCUT2D eigenvalue weighted by Crippen LogP contribution is 2.32. The minimum absolute atomic E-state index is 0.0137. The van der Waals surface area contributed by atoms with E-state index in [0.717, 1.165) is 30.5 Å². The first kappa shape index (κ1) is 25.0. The lowest BCUT2D eigenvalue weighted by molar-refractivity contribution is -0.274. The lowest BCUT2D eigenvalue weighted by Crippen LogP contribution is -2.55. The van der Waals surface area contributed by atoms with Crippen LogP contribution in [0.4, 0.5) is 13.2 Å². The number of benzene rings is 2. The standard InChI is InChI=1S/C26H30F3N3O3/c1-16-4-3-5-19(17(16)2)15-32(20-8-9-20)25(34)22-14-30-13-12-23(22)31-24(33)18-6-10-21(11-7-18)35-26(27,28)29/h3-7,10-11,20,22-23,30H,8-9,12-15H2,1-2H3,(H,31,33). The Hall–Kier alpha value is -3.07. The van der Waals surface area contributed by atoms with E-state index in [1.54, 1.807) is 0 Å². The Kier molecular flexibility index (Phi) is 7.35. The molecule has 0 spiro atoms. The molecule has 2 fully saturated rings. The van der Waals surface area contributed by atoms with Crippen molar-refractivity contribution < 1.29 is 27.5 Å². The van der Waals surface area contributed by atoms with Gasteiger partial charge in [0.2, 0.25) is 5.91 Å². The third kappa shape index (κ3) is 6.33. The van der Waals surface area contributed by atoms with Crippen LogP contribution in [0.1, 0.15) is 46.3 Å². The molecule has 2 amide bonds. The van der Waals surface area contributed by atoms with E-state index in [0.29, 0.717) is 26.1 Å². The highest BCUT2D eigenvalue weighted by atomic mass is 19.4. The SMILES string of the molecule is Cc1cccc(CN(C(=O)C2CNCCC2NC(=O)c2ccc(OC(F)(F)F)cc2)C2CC2)c1C. The Balaban J connectivity index is 1.46. The van der Waals surface area contributed by atoms with Crippen molar-refractivity contribution in [2.75, 3.05) is 13.1 Å². The summed E-state index contributed by atoms with van der Waals surface area (Å²) in [4.78, 5) is 28.5. The zero-order chi connectivity index (χ0) is 25.2. The maximum absolute atomic E-state index is 13.7. The first-order valence-corrected chi connectivity index (χ1v) is 11.9. The number of hydrogen-bond acceptors (Lipinski definition) is 4. The summed E-state index contributed by atoms with van der Waals surface area (Å²) in [6.07, 6.45) is -2.27. The number of carbonyl (C=O) groups is 2. The van der Waals surface area contributed by atoms with Crippen molar-refractivity contribution in [3.63, 3.8) is 0 Å². The third-order valence-corrected chi connectivity index (χ3v) is 6.79. The van der Waals surface area contributed by atoms with E-state index in [1.807, 2.05) is 11.0 Å². The van der Waals surface area contributed by atoms with Gasteiger partial charge in [-0.25, -0.2) is 0 Å². The monoisotopic (exact) mass is 489 g/mol. The summed E-state index contributed by atoms with van der Waals surface area (Å²) in [6, 6.07) is 10.7. The molecule has 2 aromatic carbocycles. The summed E-state index contributed by atoms with van der Waals surface area (Å²) >= 11 is 0. The van der Waals surface area contributed by atoms with Crippen molar-refractivity contribution >= 4 is 11.8 Å². The Morgan fingerprint density at radius 2 is 1.80 bits per heavy atom. The van der Waals surface area contributed by atoms with Gasteiger partial charge >= 0.3 is 6.36 Å². The molecule has 1 aliphatic carbocycles. The molecule has 35 heavy (non-hydrogen) atoms. The maximum atomic E-state index is 13.7. The minimum atomic E-state index is -4.79. The summed E-state index contributed by atoms with van der Waals surface area (Å²) in [7, 11) is 0. The number of nitrogens with one attached hydrogen (secondary N) is 2. The van der Waals surface area contributed by atoms with Crippen molar-refractivity contribution in [2.45, 2.75) is 58.1 Å². The molecule has 1 saturated heterocycles. The van der Waals surface area contributed by atoms with Crippen LogP contribution >= 0.6 is 0 Å². The second-order valence-electron chi connectivity index (χ2n) is 9.31. The second-order valence-corrected chi connectivity index (χ2v) is 9.31. The number of amides is 2. The average molecular weight is 490 g/mol. The summed E-state index contributed by atoms with van der Waals surface area (Å²) in [5.74, 6) is -1.23. The number of alkyl halides is 3. The van der Waals surface area contributed by atoms with Crippen LogP contribution in [0.3, 0.4) is 0 Å². The van der Waals surface area contributed by atoms with E-state index in [-0.39, 0.29) is 23.6 Å². The Morgan fingerprint density at radius 3 is 2.46 bits per heavy atom. The fraction of sp³-hybridized carbons (Fsp3) is 0.462. The van der Waals surface area contributed by atoms with Crippen LogP contribution < -0.4 is 15.4 Å². The third-order valence-electron chi connectivity index (χ3n) is 6.79. The Morgan fingerprint density at radius 1 is 1.09 bits per heavy atom. The predicted octanol–water partition coefficient (Wildman–Crippen LogP) is 4.10. The molecule has 1 heterocycles. The number of hydrogen-bond donors (Lipinski definition) is 2. The smallest absolute Gasteiger partial charge is 0.406 e. The van der Waals surface area contributed by atoms with Crippen molar-refractivity contribution in [3.8, 4) is 5.75 Å². The molecule has 2 N–H and O–H groups in total. The molecular weight excluding hydrogens is 459 g/mol. The van der Waals surface area contributed by atoms with Gasteiger partial charge in [0.05, 0.1) is 5.92 Å². The topological polar surface area (TPSA) is 70.7 Å². The van der Waals surface area contributed by atoms with Crippen molar-refractivity contribution in [3.05, 3.63) is 64.7 Å². The Bertz CT molecular complexity index is 1070. The number of aryl methyl sites for hydroxylation is 1.